The summed E-state index contributed by atoms with van der Waals surface area (Å²) in [7, 11) is -3.05. The maximum atomic E-state index is 11.5. The van der Waals surface area contributed by atoms with Crippen LogP contribution in [0.15, 0.2) is 71.9 Å². The van der Waals surface area contributed by atoms with Crippen LogP contribution in [0.25, 0.3) is 5.69 Å². The van der Waals surface area contributed by atoms with E-state index in [9.17, 15) is 38.0 Å². The lowest BCUT2D eigenvalue weighted by Gasteiger charge is -2.05. The zero-order chi connectivity index (χ0) is 24.8. The molecular weight excluding hydrogens is 458 g/mol. The van der Waals surface area contributed by atoms with E-state index in [0.29, 0.717) is 0 Å². The molecule has 0 N–H and O–H groups in total. The summed E-state index contributed by atoms with van der Waals surface area (Å²) in [5.74, 6) is -0.598. The first-order valence-corrected chi connectivity index (χ1v) is 10.4. The molecule has 0 amide bonds. The first-order chi connectivity index (χ1) is 15.4. The second-order valence-corrected chi connectivity index (χ2v) is 7.83. The van der Waals surface area contributed by atoms with Gasteiger partial charge in [0.1, 0.15) is 21.7 Å². The lowest BCUT2D eigenvalue weighted by molar-refractivity contribution is -0.601. The summed E-state index contributed by atoms with van der Waals surface area (Å²) in [4.78, 5) is 31.7. The summed E-state index contributed by atoms with van der Waals surface area (Å²) in [6.07, 6.45) is 2.83. The average molecular weight is 475 g/mol. The second-order valence-electron chi connectivity index (χ2n) is 6.45. The third-order valence-electron chi connectivity index (χ3n) is 4.18. The molecule has 2 aromatic carbocycles. The Morgan fingerprint density at radius 1 is 1.00 bits per heavy atom. The fourth-order valence-electron chi connectivity index (χ4n) is 2.56. The summed E-state index contributed by atoms with van der Waals surface area (Å²) >= 11 is 0. The van der Waals surface area contributed by atoms with Gasteiger partial charge in [-0.25, -0.2) is 13.2 Å². The Morgan fingerprint density at radius 2 is 1.64 bits per heavy atom. The third-order valence-corrected chi connectivity index (χ3v) is 5.03. The Labute approximate surface area is 187 Å². The first kappa shape index (κ1) is 25.0. The monoisotopic (exact) mass is 475 g/mol. The number of carbonyl (C=O) groups excluding carboxylic acids is 1. The number of hydrogen-bond acceptors (Lipinski definition) is 9. The highest BCUT2D eigenvalue weighted by Crippen LogP contribution is 2.24. The van der Waals surface area contributed by atoms with Crippen LogP contribution in [-0.2, 0) is 14.9 Å². The van der Waals surface area contributed by atoms with Gasteiger partial charge < -0.3 is 9.29 Å². The zero-order valence-corrected chi connectivity index (χ0v) is 18.1. The molecule has 0 aliphatic rings. The van der Waals surface area contributed by atoms with E-state index in [-0.39, 0.29) is 21.8 Å². The van der Waals surface area contributed by atoms with E-state index < -0.39 is 31.6 Å². The van der Waals surface area contributed by atoms with Crippen LogP contribution in [0.3, 0.4) is 0 Å². The molecule has 0 unspecified atom stereocenters. The van der Waals surface area contributed by atoms with E-state index >= 15 is 0 Å². The van der Waals surface area contributed by atoms with Gasteiger partial charge in [0.15, 0.2) is 12.4 Å². The molecule has 3 rings (SSSR count). The SMILES string of the molecule is COC(=O)c1ccc[n+](-c2ccc([N+](=O)[O-])cc2[N+](=O)[O-])c1.Cc1ccc(S(=O)(=O)[O-])cc1. The fourth-order valence-corrected chi connectivity index (χ4v) is 3.03. The van der Waals surface area contributed by atoms with Crippen molar-refractivity contribution in [3.63, 3.8) is 0 Å². The van der Waals surface area contributed by atoms with Gasteiger partial charge in [-0.15, -0.1) is 0 Å². The van der Waals surface area contributed by atoms with Crippen LogP contribution in [0, 0.1) is 27.2 Å². The molecule has 172 valence electrons. The number of benzene rings is 2. The van der Waals surface area contributed by atoms with Crippen molar-refractivity contribution >= 4 is 27.5 Å². The van der Waals surface area contributed by atoms with Gasteiger partial charge in [-0.05, 0) is 25.1 Å². The molecule has 0 bridgehead atoms. The lowest BCUT2D eigenvalue weighted by Crippen LogP contribution is -2.32. The summed E-state index contributed by atoms with van der Waals surface area (Å²) in [6.45, 7) is 1.82. The summed E-state index contributed by atoms with van der Waals surface area (Å²) in [5.41, 5.74) is 0.387. The number of carbonyl (C=O) groups is 1. The highest BCUT2D eigenvalue weighted by molar-refractivity contribution is 7.85. The summed E-state index contributed by atoms with van der Waals surface area (Å²) < 4.78 is 37.1. The Balaban J connectivity index is 0.000000294. The number of non-ortho nitro benzene ring substituents is 1. The highest BCUT2D eigenvalue weighted by Gasteiger charge is 2.26. The van der Waals surface area contributed by atoms with Gasteiger partial charge in [0.05, 0.1) is 21.9 Å². The number of nitro groups is 2. The van der Waals surface area contributed by atoms with Gasteiger partial charge in [0, 0.05) is 18.2 Å². The standard InChI is InChI=1S/C13H10N3O6.C7H8O3S/c1-22-13(17)9-3-2-6-14(8-9)11-5-4-10(15(18)19)7-12(11)16(20)21;1-6-2-4-7(5-3-6)11(8,9)10/h2-8H,1H3;2-5H,1H3,(H,8,9,10)/q+1;/p-1. The summed E-state index contributed by atoms with van der Waals surface area (Å²) in [6, 6.07) is 12.0. The molecule has 3 aromatic rings. The normalized spacial score (nSPS) is 10.5. The van der Waals surface area contributed by atoms with Crippen molar-refractivity contribution in [3.8, 4) is 5.69 Å². The number of nitro benzene ring substituents is 2. The van der Waals surface area contributed by atoms with Crippen molar-refractivity contribution in [1.82, 2.24) is 0 Å². The minimum absolute atomic E-state index is 0.0985. The van der Waals surface area contributed by atoms with Gasteiger partial charge in [-0.1, -0.05) is 17.7 Å². The van der Waals surface area contributed by atoms with Crippen molar-refractivity contribution in [3.05, 3.63) is 98.3 Å². The summed E-state index contributed by atoms with van der Waals surface area (Å²) in [5, 5.41) is 21.8. The molecule has 0 spiro atoms. The topological polar surface area (TPSA) is 174 Å². The number of ether oxygens (including phenoxy) is 1. The highest BCUT2D eigenvalue weighted by atomic mass is 32.2. The Hall–Kier alpha value is -4.23. The van der Waals surface area contributed by atoms with Crippen molar-refractivity contribution < 1.29 is 36.9 Å². The molecule has 0 radical (unpaired) electrons. The number of nitrogens with zero attached hydrogens (tertiary/aromatic N) is 3. The molecule has 13 heteroatoms. The minimum atomic E-state index is -4.27. The van der Waals surface area contributed by atoms with E-state index in [2.05, 4.69) is 4.74 Å². The number of aryl methyl sites for hydroxylation is 1. The van der Waals surface area contributed by atoms with Crippen LogP contribution >= 0.6 is 0 Å². The largest absolute Gasteiger partial charge is 0.744 e. The van der Waals surface area contributed by atoms with Crippen LogP contribution in [0.5, 0.6) is 0 Å². The number of pyridine rings is 1. The molecule has 33 heavy (non-hydrogen) atoms. The van der Waals surface area contributed by atoms with Crippen LogP contribution in [-0.4, -0.2) is 35.9 Å². The van der Waals surface area contributed by atoms with E-state index in [1.165, 1.54) is 54.4 Å². The lowest BCUT2D eigenvalue weighted by atomic mass is 10.2. The number of methoxy groups -OCH3 is 1. The van der Waals surface area contributed by atoms with E-state index in [0.717, 1.165) is 17.7 Å². The number of aromatic nitrogens is 1. The minimum Gasteiger partial charge on any atom is -0.744 e. The fraction of sp³-hybridized carbons (Fsp3) is 0.100. The Morgan fingerprint density at radius 3 is 2.15 bits per heavy atom. The predicted octanol–water partition coefficient (Wildman–Crippen LogP) is 2.47. The van der Waals surface area contributed by atoms with Crippen molar-refractivity contribution in [2.45, 2.75) is 11.8 Å². The number of esters is 1. The van der Waals surface area contributed by atoms with Gasteiger partial charge >= 0.3 is 11.7 Å². The number of rotatable bonds is 5. The van der Waals surface area contributed by atoms with Gasteiger partial charge in [0.25, 0.3) is 11.4 Å². The van der Waals surface area contributed by atoms with Crippen LogP contribution in [0.2, 0.25) is 0 Å². The molecular formula is C20H17N3O9S. The van der Waals surface area contributed by atoms with Crippen molar-refractivity contribution in [2.24, 2.45) is 0 Å². The average Bonchev–Trinajstić information content (AvgIpc) is 2.78. The quantitative estimate of drug-likeness (QED) is 0.176. The van der Waals surface area contributed by atoms with Gasteiger partial charge in [-0.3, -0.25) is 20.2 Å². The van der Waals surface area contributed by atoms with E-state index in [4.69, 9.17) is 0 Å². The molecule has 0 saturated carbocycles. The molecule has 0 fully saturated rings. The predicted molar refractivity (Wildman–Crippen MR) is 112 cm³/mol. The third kappa shape index (κ3) is 6.62. The smallest absolute Gasteiger partial charge is 0.347 e. The molecule has 0 saturated heterocycles. The Bertz CT molecular complexity index is 1310. The molecule has 0 aliphatic carbocycles. The van der Waals surface area contributed by atoms with Gasteiger partial charge in [0.2, 0.25) is 0 Å². The molecule has 1 aromatic heterocycles. The first-order valence-electron chi connectivity index (χ1n) is 8.99. The maximum absolute atomic E-state index is 11.5. The van der Waals surface area contributed by atoms with E-state index in [1.807, 2.05) is 6.92 Å². The van der Waals surface area contributed by atoms with Crippen molar-refractivity contribution in [2.75, 3.05) is 7.11 Å². The molecule has 1 heterocycles. The maximum Gasteiger partial charge on any atom is 0.347 e. The molecule has 0 aliphatic heterocycles. The molecule has 0 atom stereocenters. The Kier molecular flexibility index (Phi) is 7.88. The van der Waals surface area contributed by atoms with Crippen LogP contribution in [0.1, 0.15) is 15.9 Å². The number of hydrogen-bond donors (Lipinski definition) is 0. The van der Waals surface area contributed by atoms with Gasteiger partial charge in [-0.2, -0.15) is 4.57 Å². The van der Waals surface area contributed by atoms with Crippen LogP contribution in [0.4, 0.5) is 11.4 Å². The van der Waals surface area contributed by atoms with E-state index in [1.54, 1.807) is 12.1 Å². The zero-order valence-electron chi connectivity index (χ0n) is 17.3. The van der Waals surface area contributed by atoms with Crippen LogP contribution < -0.4 is 4.57 Å². The second kappa shape index (κ2) is 10.4. The van der Waals surface area contributed by atoms with Crippen molar-refractivity contribution in [1.29, 1.82) is 0 Å². The molecule has 12 nitrogen and oxygen atoms in total.